The van der Waals surface area contributed by atoms with Crippen LogP contribution in [-0.2, 0) is 4.79 Å². The summed E-state index contributed by atoms with van der Waals surface area (Å²) in [6, 6.07) is 7.28. The average molecular weight is 251 g/mol. The number of amides is 1. The molecule has 1 rings (SSSR count). The van der Waals surface area contributed by atoms with Crippen LogP contribution in [0, 0.1) is 5.92 Å². The van der Waals surface area contributed by atoms with E-state index in [2.05, 4.69) is 5.32 Å². The Morgan fingerprint density at radius 3 is 2.39 bits per heavy atom. The zero-order chi connectivity index (χ0) is 13.5. The fourth-order valence-electron chi connectivity index (χ4n) is 1.41. The zero-order valence-electron chi connectivity index (χ0n) is 11.4. The van der Waals surface area contributed by atoms with E-state index in [1.807, 2.05) is 26.0 Å². The Morgan fingerprint density at radius 2 is 1.83 bits per heavy atom. The Morgan fingerprint density at radius 1 is 1.22 bits per heavy atom. The van der Waals surface area contributed by atoms with Crippen molar-refractivity contribution in [3.8, 4) is 11.5 Å². The first kappa shape index (κ1) is 14.4. The van der Waals surface area contributed by atoms with Crippen molar-refractivity contribution in [3.05, 3.63) is 24.3 Å². The highest BCUT2D eigenvalue weighted by molar-refractivity contribution is 5.80. The third-order valence-electron chi connectivity index (χ3n) is 2.43. The molecule has 0 bridgehead atoms. The first-order chi connectivity index (χ1) is 8.54. The SMILES string of the molecule is COc1ccccc1O[C@@H](C)C(=O)NCC(C)C. The monoisotopic (exact) mass is 251 g/mol. The van der Waals surface area contributed by atoms with Crippen molar-refractivity contribution in [2.24, 2.45) is 5.92 Å². The van der Waals surface area contributed by atoms with Crippen molar-refractivity contribution in [1.29, 1.82) is 0 Å². The number of carbonyl (C=O) groups is 1. The molecule has 4 nitrogen and oxygen atoms in total. The number of carbonyl (C=O) groups excluding carboxylic acids is 1. The van der Waals surface area contributed by atoms with Crippen LogP contribution in [0.2, 0.25) is 0 Å². The summed E-state index contributed by atoms with van der Waals surface area (Å²) in [4.78, 5) is 11.8. The summed E-state index contributed by atoms with van der Waals surface area (Å²) < 4.78 is 10.8. The molecule has 0 fully saturated rings. The second-order valence-corrected chi connectivity index (χ2v) is 4.55. The van der Waals surface area contributed by atoms with Crippen LogP contribution in [0.25, 0.3) is 0 Å². The summed E-state index contributed by atoms with van der Waals surface area (Å²) in [5.74, 6) is 1.51. The summed E-state index contributed by atoms with van der Waals surface area (Å²) in [5, 5.41) is 2.83. The molecule has 0 aromatic heterocycles. The van der Waals surface area contributed by atoms with Gasteiger partial charge in [0.1, 0.15) is 0 Å². The number of rotatable bonds is 6. The lowest BCUT2D eigenvalue weighted by Crippen LogP contribution is -2.38. The fourth-order valence-corrected chi connectivity index (χ4v) is 1.41. The van der Waals surface area contributed by atoms with Crippen LogP contribution >= 0.6 is 0 Å². The first-order valence-electron chi connectivity index (χ1n) is 6.12. The van der Waals surface area contributed by atoms with Gasteiger partial charge in [-0.3, -0.25) is 4.79 Å². The van der Waals surface area contributed by atoms with E-state index in [1.54, 1.807) is 26.2 Å². The highest BCUT2D eigenvalue weighted by Gasteiger charge is 2.16. The molecule has 18 heavy (non-hydrogen) atoms. The number of nitrogens with one attached hydrogen (secondary N) is 1. The number of hydrogen-bond acceptors (Lipinski definition) is 3. The standard InChI is InChI=1S/C14H21NO3/c1-10(2)9-15-14(16)11(3)18-13-8-6-5-7-12(13)17-4/h5-8,10-11H,9H2,1-4H3,(H,15,16)/t11-/m0/s1. The van der Waals surface area contributed by atoms with E-state index in [0.29, 0.717) is 24.0 Å². The average Bonchev–Trinajstić information content (AvgIpc) is 2.36. The van der Waals surface area contributed by atoms with Gasteiger partial charge >= 0.3 is 0 Å². The second-order valence-electron chi connectivity index (χ2n) is 4.55. The highest BCUT2D eigenvalue weighted by Crippen LogP contribution is 2.26. The van der Waals surface area contributed by atoms with E-state index in [-0.39, 0.29) is 5.91 Å². The lowest BCUT2D eigenvalue weighted by molar-refractivity contribution is -0.127. The van der Waals surface area contributed by atoms with E-state index in [4.69, 9.17) is 9.47 Å². The predicted molar refractivity (Wildman–Crippen MR) is 70.9 cm³/mol. The van der Waals surface area contributed by atoms with Crippen LogP contribution in [0.4, 0.5) is 0 Å². The van der Waals surface area contributed by atoms with E-state index in [0.717, 1.165) is 0 Å². The van der Waals surface area contributed by atoms with E-state index < -0.39 is 6.10 Å². The Kier molecular flexibility index (Phi) is 5.49. The van der Waals surface area contributed by atoms with Crippen LogP contribution in [0.5, 0.6) is 11.5 Å². The molecule has 0 saturated carbocycles. The van der Waals surface area contributed by atoms with Crippen LogP contribution in [0.15, 0.2) is 24.3 Å². The fraction of sp³-hybridized carbons (Fsp3) is 0.500. The number of hydrogen-bond donors (Lipinski definition) is 1. The number of para-hydroxylation sites is 2. The molecule has 4 heteroatoms. The normalized spacial score (nSPS) is 12.1. The Balaban J connectivity index is 2.58. The molecule has 0 unspecified atom stereocenters. The molecule has 0 heterocycles. The summed E-state index contributed by atoms with van der Waals surface area (Å²) >= 11 is 0. The molecule has 0 spiro atoms. The molecule has 0 aliphatic heterocycles. The van der Waals surface area contributed by atoms with Gasteiger partial charge in [0.25, 0.3) is 5.91 Å². The van der Waals surface area contributed by atoms with Crippen molar-refractivity contribution in [3.63, 3.8) is 0 Å². The van der Waals surface area contributed by atoms with Crippen molar-refractivity contribution in [2.45, 2.75) is 26.9 Å². The zero-order valence-corrected chi connectivity index (χ0v) is 11.4. The molecule has 0 aliphatic carbocycles. The smallest absolute Gasteiger partial charge is 0.260 e. The maximum Gasteiger partial charge on any atom is 0.260 e. The van der Waals surface area contributed by atoms with Gasteiger partial charge in [-0.1, -0.05) is 26.0 Å². The molecular formula is C14H21NO3. The molecule has 0 saturated heterocycles. The number of benzene rings is 1. The van der Waals surface area contributed by atoms with Crippen molar-refractivity contribution >= 4 is 5.91 Å². The van der Waals surface area contributed by atoms with Crippen LogP contribution < -0.4 is 14.8 Å². The molecule has 100 valence electrons. The minimum Gasteiger partial charge on any atom is -0.493 e. The maximum atomic E-state index is 11.8. The molecule has 0 aliphatic rings. The van der Waals surface area contributed by atoms with E-state index >= 15 is 0 Å². The van der Waals surface area contributed by atoms with Crippen LogP contribution in [0.3, 0.4) is 0 Å². The molecule has 1 atom stereocenters. The predicted octanol–water partition coefficient (Wildman–Crippen LogP) is 2.23. The van der Waals surface area contributed by atoms with Crippen molar-refractivity contribution in [1.82, 2.24) is 5.32 Å². The van der Waals surface area contributed by atoms with Gasteiger partial charge < -0.3 is 14.8 Å². The minimum atomic E-state index is -0.542. The molecule has 1 aromatic carbocycles. The van der Waals surface area contributed by atoms with Gasteiger partial charge in [-0.2, -0.15) is 0 Å². The van der Waals surface area contributed by atoms with Gasteiger partial charge in [0, 0.05) is 6.54 Å². The van der Waals surface area contributed by atoms with Crippen molar-refractivity contribution in [2.75, 3.05) is 13.7 Å². The lowest BCUT2D eigenvalue weighted by atomic mass is 10.2. The van der Waals surface area contributed by atoms with Crippen molar-refractivity contribution < 1.29 is 14.3 Å². The second kappa shape index (κ2) is 6.89. The lowest BCUT2D eigenvalue weighted by Gasteiger charge is -2.17. The number of ether oxygens (including phenoxy) is 2. The third kappa shape index (κ3) is 4.28. The van der Waals surface area contributed by atoms with Crippen LogP contribution in [0.1, 0.15) is 20.8 Å². The first-order valence-corrected chi connectivity index (χ1v) is 6.12. The van der Waals surface area contributed by atoms with Crippen LogP contribution in [-0.4, -0.2) is 25.7 Å². The summed E-state index contributed by atoms with van der Waals surface area (Å²) in [6.45, 7) is 6.47. The Labute approximate surface area is 108 Å². The minimum absolute atomic E-state index is 0.116. The number of methoxy groups -OCH3 is 1. The van der Waals surface area contributed by atoms with E-state index in [9.17, 15) is 4.79 Å². The maximum absolute atomic E-state index is 11.8. The highest BCUT2D eigenvalue weighted by atomic mass is 16.5. The van der Waals surface area contributed by atoms with Gasteiger partial charge in [-0.25, -0.2) is 0 Å². The molecular weight excluding hydrogens is 230 g/mol. The van der Waals surface area contributed by atoms with Gasteiger partial charge in [-0.05, 0) is 25.0 Å². The largest absolute Gasteiger partial charge is 0.493 e. The summed E-state index contributed by atoms with van der Waals surface area (Å²) in [5.41, 5.74) is 0. The molecule has 0 radical (unpaired) electrons. The van der Waals surface area contributed by atoms with E-state index in [1.165, 1.54) is 0 Å². The van der Waals surface area contributed by atoms with Gasteiger partial charge in [0.2, 0.25) is 0 Å². The van der Waals surface area contributed by atoms with Gasteiger partial charge in [0.05, 0.1) is 7.11 Å². The molecule has 1 amide bonds. The Bertz CT molecular complexity index is 390. The topological polar surface area (TPSA) is 47.6 Å². The van der Waals surface area contributed by atoms with Gasteiger partial charge in [0.15, 0.2) is 17.6 Å². The Hall–Kier alpha value is -1.71. The molecule has 1 N–H and O–H groups in total. The summed E-state index contributed by atoms with van der Waals surface area (Å²) in [7, 11) is 1.58. The quantitative estimate of drug-likeness (QED) is 0.843. The summed E-state index contributed by atoms with van der Waals surface area (Å²) in [6.07, 6.45) is -0.542. The molecule has 1 aromatic rings. The van der Waals surface area contributed by atoms with Gasteiger partial charge in [-0.15, -0.1) is 0 Å². The third-order valence-corrected chi connectivity index (χ3v) is 2.43.